The molecule has 0 aliphatic carbocycles. The maximum atomic E-state index is 13.4. The summed E-state index contributed by atoms with van der Waals surface area (Å²) in [5.41, 5.74) is 11.2. The Morgan fingerprint density at radius 2 is 1.20 bits per heavy atom. The largest absolute Gasteiger partial charge is 0.481 e. The average molecular weight is 914 g/mol. The number of aliphatic hydroxyl groups is 2. The predicted molar refractivity (Wildman–Crippen MR) is 221 cm³/mol. The van der Waals surface area contributed by atoms with E-state index in [9.17, 15) is 73.2 Å². The normalized spacial score (nSPS) is 19.2. The van der Waals surface area contributed by atoms with Gasteiger partial charge in [0, 0.05) is 26.2 Å². The fourth-order valence-corrected chi connectivity index (χ4v) is 6.94. The zero-order valence-electron chi connectivity index (χ0n) is 36.1. The molecule has 0 radical (unpaired) electrons. The van der Waals surface area contributed by atoms with Crippen LogP contribution in [0.1, 0.15) is 72.1 Å². The van der Waals surface area contributed by atoms with Crippen LogP contribution in [-0.2, 0) is 52.7 Å². The van der Waals surface area contributed by atoms with E-state index < -0.39 is 152 Å². The van der Waals surface area contributed by atoms with Gasteiger partial charge in [0.05, 0.1) is 38.2 Å². The quantitative estimate of drug-likeness (QED) is 0.0405. The van der Waals surface area contributed by atoms with E-state index in [1.807, 2.05) is 0 Å². The van der Waals surface area contributed by atoms with Gasteiger partial charge in [0.15, 0.2) is 0 Å². The van der Waals surface area contributed by atoms with E-state index in [1.54, 1.807) is 13.8 Å². The number of nitrogens with zero attached hydrogens (tertiary/aromatic N) is 2. The number of carboxylic acids is 2. The van der Waals surface area contributed by atoms with Gasteiger partial charge in [-0.3, -0.25) is 47.9 Å². The second-order valence-corrected chi connectivity index (χ2v) is 15.6. The van der Waals surface area contributed by atoms with Gasteiger partial charge in [0.25, 0.3) is 0 Å². The molecule has 2 aliphatic rings. The lowest BCUT2D eigenvalue weighted by Gasteiger charge is -2.36. The summed E-state index contributed by atoms with van der Waals surface area (Å²) in [6.07, 6.45) is -0.224. The van der Waals surface area contributed by atoms with Crippen molar-refractivity contribution in [2.75, 3.05) is 45.9 Å². The van der Waals surface area contributed by atoms with Crippen LogP contribution in [0, 0.1) is 5.92 Å². The van der Waals surface area contributed by atoms with Crippen molar-refractivity contribution in [2.24, 2.45) is 17.4 Å². The number of aliphatic hydroxyl groups excluding tert-OH is 2. The smallest absolute Gasteiger partial charge is 0.326 e. The molecule has 0 spiro atoms. The first-order valence-corrected chi connectivity index (χ1v) is 21.0. The standard InChI is InChI=1S/C38H63N11O15/c1-4-19(2)30(37(62)49-12-7-9-25(49)38(63)64)47-35(60)31(20(3)51)46-28(54)18-41-32(57)22(10-13-50)44-26(52)16-42-33(58)23(14-29(55)56)45-27(53)17-43-34(59)24-8-5-6-11-48(24)36(61)21(40)15-39/h19-25,30-31,50-51H,4-18,39-40H2,1-3H3,(H,41,57)(H,42,58)(H,43,59)(H,44,52)(H,45,53)(H,46,54)(H,47,60)(H,55,56)(H,63,64)/t19-,20+,21-,22-,23-,24-,25-,30-,31-/m0/s1. The minimum absolute atomic E-state index is 0.149. The van der Waals surface area contributed by atoms with Crippen molar-refractivity contribution < 1.29 is 73.2 Å². The molecular weight excluding hydrogens is 850 g/mol. The monoisotopic (exact) mass is 913 g/mol. The highest BCUT2D eigenvalue weighted by molar-refractivity contribution is 5.97. The SMILES string of the molecule is CC[C@H](C)[C@H](NC(=O)[C@@H](NC(=O)CNC(=O)[C@H](CCO)NC(=O)CNC(=O)[C@H](CC(=O)O)NC(=O)CNC(=O)[C@@H]1CCCCN1C(=O)[C@@H](N)CN)[C@@H](C)O)C(=O)N1CCC[C@H]1C(=O)O. The van der Waals surface area contributed by atoms with Crippen LogP contribution in [0.4, 0.5) is 0 Å². The van der Waals surface area contributed by atoms with Crippen molar-refractivity contribution >= 4 is 65.1 Å². The van der Waals surface area contributed by atoms with Crippen LogP contribution >= 0.6 is 0 Å². The highest BCUT2D eigenvalue weighted by Gasteiger charge is 2.41. The van der Waals surface area contributed by atoms with Gasteiger partial charge in [0.1, 0.15) is 36.3 Å². The number of amides is 9. The Kier molecular flexibility index (Phi) is 22.5. The number of carboxylic acid groups (broad SMARTS) is 2. The molecule has 15 N–H and O–H groups in total. The molecule has 2 saturated heterocycles. The maximum Gasteiger partial charge on any atom is 0.326 e. The minimum atomic E-state index is -1.73. The molecule has 0 aromatic rings. The molecule has 2 rings (SSSR count). The van der Waals surface area contributed by atoms with Crippen LogP contribution in [0.25, 0.3) is 0 Å². The van der Waals surface area contributed by atoms with Gasteiger partial charge in [-0.25, -0.2) is 4.79 Å². The lowest BCUT2D eigenvalue weighted by molar-refractivity contribution is -0.150. The predicted octanol–water partition coefficient (Wildman–Crippen LogP) is -6.70. The third-order valence-electron chi connectivity index (χ3n) is 10.7. The Bertz CT molecular complexity index is 1720. The summed E-state index contributed by atoms with van der Waals surface area (Å²) in [6, 6.07) is -9.08. The number of nitrogens with one attached hydrogen (secondary N) is 7. The summed E-state index contributed by atoms with van der Waals surface area (Å²) in [6.45, 7) is 1.86. The van der Waals surface area contributed by atoms with Crippen molar-refractivity contribution in [1.82, 2.24) is 47.0 Å². The number of nitrogens with two attached hydrogens (primary N) is 2. The van der Waals surface area contributed by atoms with Crippen molar-refractivity contribution in [1.29, 1.82) is 0 Å². The van der Waals surface area contributed by atoms with E-state index in [0.717, 1.165) is 0 Å². The number of likely N-dealkylation sites (tertiary alicyclic amines) is 2. The Balaban J connectivity index is 1.96. The summed E-state index contributed by atoms with van der Waals surface area (Å²) in [4.78, 5) is 142. The Labute approximate surface area is 368 Å². The lowest BCUT2D eigenvalue weighted by atomic mass is 9.96. The third-order valence-corrected chi connectivity index (χ3v) is 10.7. The number of rotatable bonds is 25. The molecule has 2 heterocycles. The number of aliphatic carboxylic acids is 2. The van der Waals surface area contributed by atoms with E-state index >= 15 is 0 Å². The van der Waals surface area contributed by atoms with Crippen LogP contribution in [0.3, 0.4) is 0 Å². The molecule has 9 atom stereocenters. The molecule has 0 aromatic heterocycles. The fourth-order valence-electron chi connectivity index (χ4n) is 6.94. The van der Waals surface area contributed by atoms with Gasteiger partial charge in [-0.1, -0.05) is 20.3 Å². The van der Waals surface area contributed by atoms with Crippen molar-refractivity contribution in [3.05, 3.63) is 0 Å². The molecule has 2 aliphatic heterocycles. The van der Waals surface area contributed by atoms with Gasteiger partial charge >= 0.3 is 11.9 Å². The number of hydrogen-bond donors (Lipinski definition) is 13. The maximum absolute atomic E-state index is 13.4. The summed E-state index contributed by atoms with van der Waals surface area (Å²) < 4.78 is 0. The van der Waals surface area contributed by atoms with Gasteiger partial charge in [0.2, 0.25) is 53.2 Å². The van der Waals surface area contributed by atoms with E-state index in [0.29, 0.717) is 25.7 Å². The molecule has 9 amide bonds. The third kappa shape index (κ3) is 16.6. The molecule has 0 aromatic carbocycles. The number of carbonyl (C=O) groups is 11. The van der Waals surface area contributed by atoms with E-state index in [2.05, 4.69) is 37.2 Å². The first kappa shape index (κ1) is 54.1. The van der Waals surface area contributed by atoms with Gasteiger partial charge in [-0.2, -0.15) is 0 Å². The van der Waals surface area contributed by atoms with E-state index in [-0.39, 0.29) is 38.9 Å². The summed E-state index contributed by atoms with van der Waals surface area (Å²) >= 11 is 0. The van der Waals surface area contributed by atoms with Crippen LogP contribution in [-0.4, -0.2) is 190 Å². The molecule has 360 valence electrons. The van der Waals surface area contributed by atoms with Crippen molar-refractivity contribution in [3.63, 3.8) is 0 Å². The summed E-state index contributed by atoms with van der Waals surface area (Å²) in [5, 5.41) is 54.6. The van der Waals surface area contributed by atoms with E-state index in [4.69, 9.17) is 11.5 Å². The molecule has 0 saturated carbocycles. The molecule has 64 heavy (non-hydrogen) atoms. The highest BCUT2D eigenvalue weighted by atomic mass is 16.4. The summed E-state index contributed by atoms with van der Waals surface area (Å²) in [5.74, 6) is -11.1. The second-order valence-electron chi connectivity index (χ2n) is 15.6. The minimum Gasteiger partial charge on any atom is -0.481 e. The van der Waals surface area contributed by atoms with Gasteiger partial charge in [-0.05, 0) is 51.4 Å². The van der Waals surface area contributed by atoms with Crippen molar-refractivity contribution in [2.45, 2.75) is 121 Å². The topological polar surface area (TPSA) is 411 Å². The molecule has 26 heteroatoms. The average Bonchev–Trinajstić information content (AvgIpc) is 3.76. The van der Waals surface area contributed by atoms with E-state index in [1.165, 1.54) is 16.7 Å². The zero-order valence-corrected chi connectivity index (χ0v) is 36.1. The van der Waals surface area contributed by atoms with Crippen molar-refractivity contribution in [3.8, 4) is 0 Å². The van der Waals surface area contributed by atoms with Crippen LogP contribution in [0.2, 0.25) is 0 Å². The number of piperidine rings is 1. The lowest BCUT2D eigenvalue weighted by Crippen LogP contribution is -2.60. The molecule has 0 unspecified atom stereocenters. The van der Waals surface area contributed by atoms with Crippen LogP contribution in [0.15, 0.2) is 0 Å². The summed E-state index contributed by atoms with van der Waals surface area (Å²) in [7, 11) is 0. The molecule has 26 nitrogen and oxygen atoms in total. The Hall–Kier alpha value is -5.99. The highest BCUT2D eigenvalue weighted by Crippen LogP contribution is 2.22. The molecular formula is C38H63N11O15. The van der Waals surface area contributed by atoms with Crippen LogP contribution < -0.4 is 48.7 Å². The number of hydrogen-bond acceptors (Lipinski definition) is 15. The zero-order chi connectivity index (χ0) is 48.3. The first-order chi connectivity index (χ1) is 30.2. The number of carbonyl (C=O) groups excluding carboxylic acids is 9. The second kappa shape index (κ2) is 26.6. The van der Waals surface area contributed by atoms with Crippen LogP contribution in [0.5, 0.6) is 0 Å². The first-order valence-electron chi connectivity index (χ1n) is 21.0. The molecule has 2 fully saturated rings. The Morgan fingerprint density at radius 3 is 1.75 bits per heavy atom. The van der Waals surface area contributed by atoms with Gasteiger partial charge in [-0.15, -0.1) is 0 Å². The fraction of sp³-hybridized carbons (Fsp3) is 0.711. The Morgan fingerprint density at radius 1 is 0.672 bits per heavy atom. The molecule has 0 bridgehead atoms. The van der Waals surface area contributed by atoms with Gasteiger partial charge < -0.3 is 78.9 Å².